The molecule has 0 radical (unpaired) electrons. The van der Waals surface area contributed by atoms with Crippen molar-refractivity contribution in [3.8, 4) is 0 Å². The summed E-state index contributed by atoms with van der Waals surface area (Å²) < 4.78 is 1.90. The Balaban J connectivity index is 0.000000647. The normalized spacial score (nSPS) is 20.5. The summed E-state index contributed by atoms with van der Waals surface area (Å²) in [5.41, 5.74) is 5.13. The highest BCUT2D eigenvalue weighted by Crippen LogP contribution is 2.28. The van der Waals surface area contributed by atoms with Crippen LogP contribution in [0, 0.1) is 6.92 Å². The van der Waals surface area contributed by atoms with E-state index < -0.39 is 0 Å². The van der Waals surface area contributed by atoms with Crippen molar-refractivity contribution >= 4 is 5.57 Å². The van der Waals surface area contributed by atoms with Gasteiger partial charge in [-0.1, -0.05) is 51.5 Å². The van der Waals surface area contributed by atoms with Gasteiger partial charge in [-0.2, -0.15) is 5.10 Å². The van der Waals surface area contributed by atoms with Gasteiger partial charge in [0.15, 0.2) is 0 Å². The Hall–Kier alpha value is -1.61. The predicted octanol–water partition coefficient (Wildman–Crippen LogP) is 4.90. The summed E-state index contributed by atoms with van der Waals surface area (Å²) in [6.07, 6.45) is 16.5. The van der Waals surface area contributed by atoms with Crippen LogP contribution in [0.4, 0.5) is 0 Å². The van der Waals surface area contributed by atoms with Crippen molar-refractivity contribution in [3.63, 3.8) is 0 Å². The molecular weight excluding hydrogens is 294 g/mol. The van der Waals surface area contributed by atoms with Gasteiger partial charge in [0.2, 0.25) is 0 Å². The minimum atomic E-state index is 0.452. The van der Waals surface area contributed by atoms with Crippen molar-refractivity contribution in [1.82, 2.24) is 14.7 Å². The molecule has 2 bridgehead atoms. The van der Waals surface area contributed by atoms with Crippen LogP contribution in [0.5, 0.6) is 0 Å². The highest BCUT2D eigenvalue weighted by Gasteiger charge is 2.20. The molecule has 3 heteroatoms. The number of fused-ring (bicyclic) bond motifs is 1. The van der Waals surface area contributed by atoms with E-state index in [4.69, 9.17) is 0 Å². The van der Waals surface area contributed by atoms with Gasteiger partial charge in [0, 0.05) is 24.8 Å². The number of hydrogen-bond donors (Lipinski definition) is 0. The molecule has 0 N–H and O–H groups in total. The first-order valence-electron chi connectivity index (χ1n) is 9.44. The molecule has 1 unspecified atom stereocenters. The summed E-state index contributed by atoms with van der Waals surface area (Å²) >= 11 is 0. The summed E-state index contributed by atoms with van der Waals surface area (Å²) in [6.45, 7) is 11.0. The van der Waals surface area contributed by atoms with Crippen molar-refractivity contribution in [2.24, 2.45) is 7.05 Å². The number of nitrogens with zero attached hydrogens (tertiary/aromatic N) is 3. The number of hydrogen-bond acceptors (Lipinski definition) is 2. The van der Waals surface area contributed by atoms with E-state index >= 15 is 0 Å². The monoisotopic (exact) mass is 327 g/mol. The molecule has 2 aliphatic rings. The van der Waals surface area contributed by atoms with Gasteiger partial charge in [-0.3, -0.25) is 9.58 Å². The first-order chi connectivity index (χ1) is 11.6. The fourth-order valence-corrected chi connectivity index (χ4v) is 3.39. The third-order valence-electron chi connectivity index (χ3n) is 4.37. The van der Waals surface area contributed by atoms with E-state index in [0.717, 1.165) is 5.69 Å². The topological polar surface area (TPSA) is 21.1 Å². The van der Waals surface area contributed by atoms with E-state index in [9.17, 15) is 0 Å². The van der Waals surface area contributed by atoms with Crippen molar-refractivity contribution in [2.45, 2.75) is 59.4 Å². The first kappa shape index (κ1) is 18.7. The molecule has 1 aliphatic carbocycles. The van der Waals surface area contributed by atoms with Crippen molar-refractivity contribution < 1.29 is 0 Å². The Bertz CT molecular complexity index is 619. The van der Waals surface area contributed by atoms with Crippen LogP contribution in [0.15, 0.2) is 36.1 Å². The average Bonchev–Trinajstić information content (AvgIpc) is 2.71. The number of rotatable bonds is 3. The largest absolute Gasteiger partial charge is 0.293 e. The van der Waals surface area contributed by atoms with Gasteiger partial charge >= 0.3 is 0 Å². The first-order valence-corrected chi connectivity index (χ1v) is 9.44. The zero-order valence-corrected chi connectivity index (χ0v) is 16.0. The highest BCUT2D eigenvalue weighted by molar-refractivity contribution is 5.78. The molecule has 0 spiro atoms. The Morgan fingerprint density at radius 3 is 2.62 bits per heavy atom. The van der Waals surface area contributed by atoms with Gasteiger partial charge in [-0.25, -0.2) is 0 Å². The minimum absolute atomic E-state index is 0.452. The molecule has 132 valence electrons. The second-order valence-electron chi connectivity index (χ2n) is 6.84. The molecule has 3 nitrogen and oxygen atoms in total. The summed E-state index contributed by atoms with van der Waals surface area (Å²) in [5, 5.41) is 4.48. The molecule has 0 amide bonds. The van der Waals surface area contributed by atoms with Gasteiger partial charge in [-0.05, 0) is 50.4 Å². The molecule has 0 saturated carbocycles. The molecule has 24 heavy (non-hydrogen) atoms. The lowest BCUT2D eigenvalue weighted by atomic mass is 10.0. The molecule has 1 aromatic rings. The third kappa shape index (κ3) is 4.70. The fraction of sp³-hybridized carbons (Fsp3) is 0.571. The molecule has 1 aliphatic heterocycles. The minimum Gasteiger partial charge on any atom is -0.293 e. The summed E-state index contributed by atoms with van der Waals surface area (Å²) in [5.74, 6) is 0. The van der Waals surface area contributed by atoms with Gasteiger partial charge < -0.3 is 0 Å². The van der Waals surface area contributed by atoms with Gasteiger partial charge in [-0.15, -0.1) is 0 Å². The van der Waals surface area contributed by atoms with Gasteiger partial charge in [0.25, 0.3) is 0 Å². The molecular formula is C21H33N3. The lowest BCUT2D eigenvalue weighted by Crippen LogP contribution is -2.33. The molecule has 0 aromatic carbocycles. The Kier molecular flexibility index (Phi) is 7.04. The Morgan fingerprint density at radius 1 is 1.25 bits per heavy atom. The van der Waals surface area contributed by atoms with E-state index in [0.29, 0.717) is 6.04 Å². The number of aromatic nitrogens is 2. The van der Waals surface area contributed by atoms with E-state index in [1.807, 2.05) is 11.7 Å². The van der Waals surface area contributed by atoms with E-state index in [1.165, 1.54) is 55.5 Å². The number of aryl methyl sites for hydroxylation is 2. The summed E-state index contributed by atoms with van der Waals surface area (Å²) in [7, 11) is 1.99. The van der Waals surface area contributed by atoms with Crippen molar-refractivity contribution in [3.05, 3.63) is 47.3 Å². The maximum atomic E-state index is 4.48. The molecule has 2 heterocycles. The van der Waals surface area contributed by atoms with Crippen LogP contribution in [-0.2, 0) is 7.05 Å². The molecule has 3 rings (SSSR count). The maximum absolute atomic E-state index is 4.48. The second kappa shape index (κ2) is 9.03. The van der Waals surface area contributed by atoms with E-state index in [-0.39, 0.29) is 0 Å². The molecule has 0 fully saturated rings. The highest BCUT2D eigenvalue weighted by atomic mass is 15.2. The van der Waals surface area contributed by atoms with Crippen molar-refractivity contribution in [2.75, 3.05) is 13.1 Å². The maximum Gasteiger partial charge on any atom is 0.0671 e. The van der Waals surface area contributed by atoms with Gasteiger partial charge in [0.05, 0.1) is 5.69 Å². The smallest absolute Gasteiger partial charge is 0.0671 e. The summed E-state index contributed by atoms with van der Waals surface area (Å²) in [6, 6.07) is 0.452. The standard InChI is InChI=1S/C18H25N3.C3H8/c1-4-9-21-10-5-6-15-11-16(7-8-17(21)12-15)18-13-20(3)19-14(18)2;1-3-2/h7-8,11-13,17H,4-6,9-10H2,1-3H3;3H2,1-2H3. The Labute approximate surface area is 147 Å². The fourth-order valence-electron chi connectivity index (χ4n) is 3.39. The van der Waals surface area contributed by atoms with E-state index in [2.05, 4.69) is 68.2 Å². The lowest BCUT2D eigenvalue weighted by molar-refractivity contribution is 0.262. The SMILES string of the molecule is CCC.CCCN1CCCC2=CC1C=CC(c1cn(C)nc1C)=C2. The van der Waals surface area contributed by atoms with Crippen molar-refractivity contribution in [1.29, 1.82) is 0 Å². The summed E-state index contributed by atoms with van der Waals surface area (Å²) in [4.78, 5) is 2.59. The molecule has 0 saturated heterocycles. The average molecular weight is 328 g/mol. The molecule has 1 aromatic heterocycles. The van der Waals surface area contributed by atoms with Crippen LogP contribution < -0.4 is 0 Å². The third-order valence-corrected chi connectivity index (χ3v) is 4.37. The molecule has 1 atom stereocenters. The van der Waals surface area contributed by atoms with Gasteiger partial charge in [0.1, 0.15) is 0 Å². The lowest BCUT2D eigenvalue weighted by Gasteiger charge is -2.25. The predicted molar refractivity (Wildman–Crippen MR) is 104 cm³/mol. The van der Waals surface area contributed by atoms with Crippen LogP contribution >= 0.6 is 0 Å². The second-order valence-corrected chi connectivity index (χ2v) is 6.84. The van der Waals surface area contributed by atoms with Crippen LogP contribution in [0.1, 0.15) is 57.7 Å². The van der Waals surface area contributed by atoms with Crippen LogP contribution in [0.2, 0.25) is 0 Å². The Morgan fingerprint density at radius 2 is 2.00 bits per heavy atom. The van der Waals surface area contributed by atoms with E-state index in [1.54, 1.807) is 0 Å². The quantitative estimate of drug-likeness (QED) is 0.787. The zero-order valence-electron chi connectivity index (χ0n) is 16.0. The zero-order chi connectivity index (χ0) is 17.5. The van der Waals surface area contributed by atoms with Crippen LogP contribution in [0.3, 0.4) is 0 Å². The number of allylic oxidation sites excluding steroid dienone is 4. The van der Waals surface area contributed by atoms with Crippen LogP contribution in [-0.4, -0.2) is 33.8 Å². The van der Waals surface area contributed by atoms with Crippen LogP contribution in [0.25, 0.3) is 5.57 Å².